The van der Waals surface area contributed by atoms with Crippen LogP contribution >= 0.6 is 0 Å². The molecule has 3 fully saturated rings. The predicted molar refractivity (Wildman–Crippen MR) is 37.6 cm³/mol. The zero-order valence-corrected chi connectivity index (χ0v) is 6.15. The lowest BCUT2D eigenvalue weighted by Crippen LogP contribution is -2.54. The average molecular weight is 136 g/mol. The molecule has 10 heavy (non-hydrogen) atoms. The van der Waals surface area contributed by atoms with Crippen molar-refractivity contribution in [2.45, 2.75) is 38.5 Å². The molecule has 0 unspecified atom stereocenters. The van der Waals surface area contributed by atoms with Gasteiger partial charge in [-0.3, -0.25) is 4.79 Å². The van der Waals surface area contributed by atoms with E-state index >= 15 is 0 Å². The first-order valence-electron chi connectivity index (χ1n) is 4.33. The number of ketones is 1. The van der Waals surface area contributed by atoms with E-state index in [1.54, 1.807) is 0 Å². The van der Waals surface area contributed by atoms with E-state index in [1.165, 1.54) is 32.1 Å². The maximum absolute atomic E-state index is 11.3. The Labute approximate surface area is 60.8 Å². The summed E-state index contributed by atoms with van der Waals surface area (Å²) in [5, 5.41) is 0. The van der Waals surface area contributed by atoms with E-state index in [0.29, 0.717) is 11.2 Å². The van der Waals surface area contributed by atoms with Gasteiger partial charge in [0.15, 0.2) is 0 Å². The zero-order valence-electron chi connectivity index (χ0n) is 6.15. The fraction of sp³-hybridized carbons (Fsp3) is 0.889. The highest BCUT2D eigenvalue weighted by Crippen LogP contribution is 2.76. The average Bonchev–Trinajstić information content (AvgIpc) is 2.62. The van der Waals surface area contributed by atoms with Crippen LogP contribution in [0.3, 0.4) is 0 Å². The van der Waals surface area contributed by atoms with Gasteiger partial charge in [-0.2, -0.15) is 0 Å². The lowest BCUT2D eigenvalue weighted by Gasteiger charge is -2.55. The molecule has 3 aliphatic carbocycles. The van der Waals surface area contributed by atoms with Crippen molar-refractivity contribution in [3.63, 3.8) is 0 Å². The summed E-state index contributed by atoms with van der Waals surface area (Å²) in [4.78, 5) is 11.3. The molecule has 0 bridgehead atoms. The van der Waals surface area contributed by atoms with E-state index in [0.717, 1.165) is 6.42 Å². The molecule has 0 aromatic rings. The summed E-state index contributed by atoms with van der Waals surface area (Å²) in [5.74, 6) is 0.594. The minimum atomic E-state index is 0.271. The monoisotopic (exact) mass is 136 g/mol. The molecule has 0 N–H and O–H groups in total. The fourth-order valence-corrected chi connectivity index (χ4v) is 3.01. The van der Waals surface area contributed by atoms with Gasteiger partial charge in [-0.05, 0) is 37.5 Å². The van der Waals surface area contributed by atoms with E-state index in [2.05, 4.69) is 0 Å². The summed E-state index contributed by atoms with van der Waals surface area (Å²) in [6.07, 6.45) is 7.43. The van der Waals surface area contributed by atoms with E-state index in [4.69, 9.17) is 0 Å². The van der Waals surface area contributed by atoms with Crippen molar-refractivity contribution in [1.29, 1.82) is 0 Å². The summed E-state index contributed by atoms with van der Waals surface area (Å²) in [6, 6.07) is 0. The molecule has 0 aliphatic heterocycles. The van der Waals surface area contributed by atoms with Gasteiger partial charge in [0.25, 0.3) is 0 Å². The fourth-order valence-electron chi connectivity index (χ4n) is 3.01. The van der Waals surface area contributed by atoms with Crippen LogP contribution < -0.4 is 0 Å². The quantitative estimate of drug-likeness (QED) is 0.497. The first kappa shape index (κ1) is 5.34. The Hall–Kier alpha value is -0.330. The highest BCUT2D eigenvalue weighted by molar-refractivity contribution is 5.92. The molecular formula is C9H12O. The molecule has 1 heteroatoms. The van der Waals surface area contributed by atoms with E-state index in [-0.39, 0.29) is 5.41 Å². The van der Waals surface area contributed by atoms with Crippen LogP contribution in [0.2, 0.25) is 0 Å². The van der Waals surface area contributed by atoms with Gasteiger partial charge < -0.3 is 0 Å². The Bertz CT molecular complexity index is 211. The number of carbonyl (C=O) groups excluding carboxylic acids is 1. The van der Waals surface area contributed by atoms with Crippen molar-refractivity contribution in [3.8, 4) is 0 Å². The molecule has 3 aliphatic rings. The van der Waals surface area contributed by atoms with Gasteiger partial charge in [0, 0.05) is 11.8 Å². The molecule has 0 amide bonds. The maximum Gasteiger partial charge on any atom is 0.139 e. The maximum atomic E-state index is 11.3. The molecule has 0 aromatic heterocycles. The SMILES string of the molecule is O=C1CC[C@]12CCC21CC1. The molecule has 1 nitrogen and oxygen atoms in total. The van der Waals surface area contributed by atoms with Gasteiger partial charge in [0.05, 0.1) is 0 Å². The molecule has 1 atom stereocenters. The minimum Gasteiger partial charge on any atom is -0.299 e. The third-order valence-corrected chi connectivity index (χ3v) is 4.21. The molecule has 0 saturated heterocycles. The van der Waals surface area contributed by atoms with Crippen LogP contribution in [0.1, 0.15) is 38.5 Å². The molecule has 54 valence electrons. The topological polar surface area (TPSA) is 17.1 Å². The number of hydrogen-bond acceptors (Lipinski definition) is 1. The number of hydrogen-bond donors (Lipinski definition) is 0. The van der Waals surface area contributed by atoms with Crippen molar-refractivity contribution in [1.82, 2.24) is 0 Å². The second-order valence-electron chi connectivity index (χ2n) is 4.29. The normalized spacial score (nSPS) is 47.0. The largest absolute Gasteiger partial charge is 0.299 e. The van der Waals surface area contributed by atoms with Crippen molar-refractivity contribution in [2.24, 2.45) is 10.8 Å². The summed E-state index contributed by atoms with van der Waals surface area (Å²) < 4.78 is 0. The zero-order chi connectivity index (χ0) is 6.82. The third-order valence-electron chi connectivity index (χ3n) is 4.21. The first-order valence-corrected chi connectivity index (χ1v) is 4.33. The lowest BCUT2D eigenvalue weighted by molar-refractivity contribution is -0.157. The van der Waals surface area contributed by atoms with Gasteiger partial charge in [0.2, 0.25) is 0 Å². The van der Waals surface area contributed by atoms with E-state index < -0.39 is 0 Å². The van der Waals surface area contributed by atoms with Gasteiger partial charge in [0.1, 0.15) is 5.78 Å². The van der Waals surface area contributed by atoms with Crippen LogP contribution in [0.15, 0.2) is 0 Å². The van der Waals surface area contributed by atoms with Crippen molar-refractivity contribution in [3.05, 3.63) is 0 Å². The Morgan fingerprint density at radius 2 is 1.70 bits per heavy atom. The van der Waals surface area contributed by atoms with Crippen LogP contribution in [-0.4, -0.2) is 5.78 Å². The smallest absolute Gasteiger partial charge is 0.139 e. The molecule has 0 radical (unpaired) electrons. The number of carbonyl (C=O) groups is 1. The van der Waals surface area contributed by atoms with Gasteiger partial charge >= 0.3 is 0 Å². The summed E-state index contributed by atoms with van der Waals surface area (Å²) in [6.45, 7) is 0. The highest BCUT2D eigenvalue weighted by Gasteiger charge is 2.71. The Morgan fingerprint density at radius 1 is 1.00 bits per heavy atom. The molecular weight excluding hydrogens is 124 g/mol. The van der Waals surface area contributed by atoms with E-state index in [9.17, 15) is 4.79 Å². The van der Waals surface area contributed by atoms with Crippen molar-refractivity contribution >= 4 is 5.78 Å². The minimum absolute atomic E-state index is 0.271. The number of rotatable bonds is 0. The predicted octanol–water partition coefficient (Wildman–Crippen LogP) is 1.91. The second-order valence-corrected chi connectivity index (χ2v) is 4.29. The van der Waals surface area contributed by atoms with Crippen LogP contribution in [0.5, 0.6) is 0 Å². The molecule has 0 heterocycles. The van der Waals surface area contributed by atoms with Crippen LogP contribution in [0, 0.1) is 10.8 Å². The number of Topliss-reactive ketones (excluding diaryl/α,β-unsaturated/α-hetero) is 1. The van der Waals surface area contributed by atoms with Crippen LogP contribution in [-0.2, 0) is 4.79 Å². The Kier molecular flexibility index (Phi) is 0.637. The molecule has 3 saturated carbocycles. The molecule has 0 aromatic carbocycles. The Morgan fingerprint density at radius 3 is 1.80 bits per heavy atom. The first-order chi connectivity index (χ1) is 4.79. The molecule has 3 rings (SSSR count). The summed E-state index contributed by atoms with van der Waals surface area (Å²) >= 11 is 0. The van der Waals surface area contributed by atoms with Crippen molar-refractivity contribution < 1.29 is 4.79 Å². The lowest BCUT2D eigenvalue weighted by atomic mass is 9.47. The van der Waals surface area contributed by atoms with Gasteiger partial charge in [-0.1, -0.05) is 0 Å². The van der Waals surface area contributed by atoms with Crippen LogP contribution in [0.4, 0.5) is 0 Å². The highest BCUT2D eigenvalue weighted by atomic mass is 16.1. The third kappa shape index (κ3) is 0.320. The summed E-state index contributed by atoms with van der Waals surface area (Å²) in [7, 11) is 0. The van der Waals surface area contributed by atoms with Crippen LogP contribution in [0.25, 0.3) is 0 Å². The standard InChI is InChI=1S/C9H12O/c10-7-1-2-9(7)6-5-8(9)3-4-8/h1-6H2/t9-/m0/s1. The van der Waals surface area contributed by atoms with E-state index in [1.807, 2.05) is 0 Å². The molecule has 2 spiro atoms. The van der Waals surface area contributed by atoms with Gasteiger partial charge in [-0.25, -0.2) is 0 Å². The number of fused-ring (bicyclic) bond motifs is 1. The van der Waals surface area contributed by atoms with Crippen molar-refractivity contribution in [2.75, 3.05) is 0 Å². The Balaban J connectivity index is 1.98. The van der Waals surface area contributed by atoms with Gasteiger partial charge in [-0.15, -0.1) is 0 Å². The summed E-state index contributed by atoms with van der Waals surface area (Å²) in [5.41, 5.74) is 0.856. The second kappa shape index (κ2) is 1.19.